The number of ether oxygens (including phenoxy) is 2. The van der Waals surface area contributed by atoms with Gasteiger partial charge in [0.15, 0.2) is 5.82 Å². The molecule has 3 aliphatic rings. The number of alkyl halides is 1. The van der Waals surface area contributed by atoms with Crippen molar-refractivity contribution in [3.63, 3.8) is 0 Å². The molecule has 3 fully saturated rings. The van der Waals surface area contributed by atoms with Crippen LogP contribution in [-0.4, -0.2) is 86.5 Å². The fraction of sp³-hybridized carbons (Fsp3) is 0.512. The molecule has 0 bridgehead atoms. The number of piperidine rings is 1. The first kappa shape index (κ1) is 33.8. The van der Waals surface area contributed by atoms with Gasteiger partial charge in [0.2, 0.25) is 0 Å². The molecule has 8 nitrogen and oxygen atoms in total. The monoisotopic (exact) mass is 793 g/mol. The van der Waals surface area contributed by atoms with Crippen molar-refractivity contribution in [1.82, 2.24) is 19.9 Å². The van der Waals surface area contributed by atoms with Gasteiger partial charge in [-0.15, -0.1) is 5.54 Å². The molecular weight excluding hydrogens is 737 g/mol. The van der Waals surface area contributed by atoms with Crippen molar-refractivity contribution in [2.24, 2.45) is 11.3 Å². The molecule has 0 radical (unpaired) electrons. The van der Waals surface area contributed by atoms with E-state index in [9.17, 15) is 4.39 Å². The molecule has 0 amide bonds. The van der Waals surface area contributed by atoms with Crippen LogP contribution < -0.4 is 15.4 Å². The van der Waals surface area contributed by atoms with Crippen LogP contribution in [0.1, 0.15) is 67.3 Å². The molecule has 4 heterocycles. The average Bonchev–Trinajstić information content (AvgIpc) is 3.87. The number of halogens is 4. The van der Waals surface area contributed by atoms with E-state index in [0.717, 1.165) is 4.90 Å². The maximum absolute atomic E-state index is 17.6. The van der Waals surface area contributed by atoms with Crippen molar-refractivity contribution in [2.75, 3.05) is 57.0 Å². The molecule has 2 aliphatic heterocycles. The van der Waals surface area contributed by atoms with Crippen LogP contribution in [0.15, 0.2) is 42.4 Å². The van der Waals surface area contributed by atoms with Gasteiger partial charge >= 0.3 is 6.01 Å². The smallest absolute Gasteiger partial charge is 0.319 e. The SMILES string of the molecule is [2H]C([2H])([2H])N1CC/C(=C/F)[C@](C)(C([2H])([2H])Oc2nc(N3CCOC[C@H]4[C@H](F)[C@H]43)c3cnc(-c4cc(N)cc5ccc(F)c(C#C[Si](C(C)C)(C(C)C)C(C)C)c45)c(F)c3n2)C1. The average molecular weight is 794 g/mol. The normalized spacial score (nSPS) is 25.7. The zero-order valence-electron chi connectivity index (χ0n) is 37.8. The first-order chi connectivity index (χ1) is 28.6. The number of nitrogen functional groups attached to an aromatic ring is 1. The Balaban J connectivity index is 1.45. The fourth-order valence-electron chi connectivity index (χ4n) is 9.06. The van der Waals surface area contributed by atoms with E-state index in [2.05, 4.69) is 68.0 Å². The Labute approximate surface area is 334 Å². The maximum atomic E-state index is 17.6. The summed E-state index contributed by atoms with van der Waals surface area (Å²) in [6, 6.07) is 4.62. The van der Waals surface area contributed by atoms with E-state index in [1.807, 2.05) is 0 Å². The van der Waals surface area contributed by atoms with Crippen molar-refractivity contribution in [1.29, 1.82) is 0 Å². The fourth-order valence-corrected chi connectivity index (χ4v) is 14.3. The van der Waals surface area contributed by atoms with Gasteiger partial charge in [-0.25, -0.2) is 17.6 Å². The van der Waals surface area contributed by atoms with Crippen LogP contribution in [-0.2, 0) is 4.74 Å². The molecule has 0 spiro atoms. The Morgan fingerprint density at radius 1 is 1.14 bits per heavy atom. The van der Waals surface area contributed by atoms with E-state index in [4.69, 9.17) is 22.1 Å². The minimum atomic E-state index is -2.87. The highest BCUT2D eigenvalue weighted by molar-refractivity contribution is 6.90. The number of likely N-dealkylation sites (tertiary alicyclic amines) is 1. The van der Waals surface area contributed by atoms with Crippen molar-refractivity contribution >= 4 is 41.3 Å². The molecule has 1 aliphatic carbocycles. The predicted octanol–water partition coefficient (Wildman–Crippen LogP) is 9.02. The number of pyridine rings is 1. The van der Waals surface area contributed by atoms with Gasteiger partial charge in [0.1, 0.15) is 43.7 Å². The summed E-state index contributed by atoms with van der Waals surface area (Å²) < 4.78 is 117. The van der Waals surface area contributed by atoms with Gasteiger partial charge in [-0.2, -0.15) is 9.97 Å². The van der Waals surface area contributed by atoms with E-state index >= 15 is 13.2 Å². The zero-order chi connectivity index (χ0) is 44.6. The van der Waals surface area contributed by atoms with Gasteiger partial charge in [0.25, 0.3) is 0 Å². The van der Waals surface area contributed by atoms with Gasteiger partial charge in [-0.1, -0.05) is 60.5 Å². The third-order valence-electron chi connectivity index (χ3n) is 12.1. The molecule has 298 valence electrons. The Morgan fingerprint density at radius 3 is 2.59 bits per heavy atom. The summed E-state index contributed by atoms with van der Waals surface area (Å²) in [5.74, 6) is 1.12. The van der Waals surface area contributed by atoms with E-state index in [0.29, 0.717) is 5.39 Å². The Bertz CT molecular complexity index is 2440. The van der Waals surface area contributed by atoms with E-state index in [1.54, 1.807) is 17.0 Å². The highest BCUT2D eigenvalue weighted by Gasteiger charge is 2.56. The van der Waals surface area contributed by atoms with Crippen LogP contribution in [0.2, 0.25) is 16.6 Å². The lowest BCUT2D eigenvalue weighted by Gasteiger charge is -2.40. The van der Waals surface area contributed by atoms with Crippen LogP contribution in [0, 0.1) is 34.4 Å². The number of fused-ring (bicyclic) bond motifs is 3. The molecule has 1 saturated carbocycles. The Kier molecular flexibility index (Phi) is 9.22. The molecule has 2 aromatic heterocycles. The van der Waals surface area contributed by atoms with Gasteiger partial charge in [-0.3, -0.25) is 4.98 Å². The van der Waals surface area contributed by atoms with Crippen molar-refractivity contribution in [2.45, 2.75) is 83.7 Å². The molecule has 56 heavy (non-hydrogen) atoms. The van der Waals surface area contributed by atoms with Crippen LogP contribution >= 0.6 is 0 Å². The third kappa shape index (κ3) is 6.92. The lowest BCUT2D eigenvalue weighted by atomic mass is 9.78. The summed E-state index contributed by atoms with van der Waals surface area (Å²) >= 11 is 0. The minimum absolute atomic E-state index is 0.000890. The van der Waals surface area contributed by atoms with Crippen LogP contribution in [0.25, 0.3) is 32.9 Å². The molecule has 13 heteroatoms. The molecule has 2 N–H and O–H groups in total. The number of hydrogen-bond donors (Lipinski definition) is 1. The largest absolute Gasteiger partial charge is 0.462 e. The minimum Gasteiger partial charge on any atom is -0.462 e. The number of hydrogen-bond acceptors (Lipinski definition) is 8. The van der Waals surface area contributed by atoms with E-state index < -0.39 is 69.3 Å². The van der Waals surface area contributed by atoms with Crippen molar-refractivity contribution < 1.29 is 33.9 Å². The second kappa shape index (κ2) is 15.3. The molecule has 7 rings (SSSR count). The highest BCUT2D eigenvalue weighted by Crippen LogP contribution is 2.46. The standard InChI is InChI=1S/C43H52F4N6O2Si/c1-24(2)56(25(3)4,26(5)6)16-12-30-34(45)10-9-27-17-29(48)18-31(35(27)30)38-37(47)39-32(20-49-38)41(53-14-15-54-21-33-36(46)40(33)53)51-42(50-39)55-23-43(7)22-52(8)13-11-28(43)19-44/h9-10,17-20,24-26,33,36,40H,11,13-15,21-23,48H2,1-8H3/b28-19-/t33-,36-,40-,43-/m0/s1/i8D3,23D2. The first-order valence-electron chi connectivity index (χ1n) is 21.7. The summed E-state index contributed by atoms with van der Waals surface area (Å²) in [5, 5.41) is 0.834. The Hall–Kier alpha value is -4.25. The van der Waals surface area contributed by atoms with Crippen LogP contribution in [0.3, 0.4) is 0 Å². The van der Waals surface area contributed by atoms with Crippen LogP contribution in [0.4, 0.5) is 29.1 Å². The zero-order valence-corrected chi connectivity index (χ0v) is 33.8. The van der Waals surface area contributed by atoms with Gasteiger partial charge in [0.05, 0.1) is 39.3 Å². The quantitative estimate of drug-likeness (QED) is 0.0819. The number of anilines is 2. The first-order valence-corrected chi connectivity index (χ1v) is 21.4. The molecule has 4 aromatic rings. The topological polar surface area (TPSA) is 89.6 Å². The van der Waals surface area contributed by atoms with E-state index in [1.165, 1.54) is 25.3 Å². The predicted molar refractivity (Wildman–Crippen MR) is 218 cm³/mol. The van der Waals surface area contributed by atoms with Gasteiger partial charge in [0, 0.05) is 57.9 Å². The Morgan fingerprint density at radius 2 is 1.89 bits per heavy atom. The second-order valence-corrected chi connectivity index (χ2v) is 22.0. The maximum Gasteiger partial charge on any atom is 0.319 e. The molecule has 4 atom stereocenters. The van der Waals surface area contributed by atoms with Crippen molar-refractivity contribution in [3.05, 3.63) is 59.6 Å². The summed E-state index contributed by atoms with van der Waals surface area (Å²) in [7, 11) is -2.37. The molecule has 2 saturated heterocycles. The summed E-state index contributed by atoms with van der Waals surface area (Å²) in [6.45, 7) is 8.72. The number of nitrogens with two attached hydrogens (primary N) is 1. The van der Waals surface area contributed by atoms with Crippen molar-refractivity contribution in [3.8, 4) is 28.7 Å². The number of aromatic nitrogens is 3. The van der Waals surface area contributed by atoms with Gasteiger partial charge in [-0.05, 0) is 59.2 Å². The molecule has 0 unspecified atom stereocenters. The lowest BCUT2D eigenvalue weighted by molar-refractivity contribution is 0.109. The number of benzene rings is 2. The van der Waals surface area contributed by atoms with E-state index in [-0.39, 0.29) is 106 Å². The lowest BCUT2D eigenvalue weighted by Crippen LogP contribution is -2.44. The van der Waals surface area contributed by atoms with Crippen LogP contribution in [0.5, 0.6) is 6.01 Å². The highest BCUT2D eigenvalue weighted by atomic mass is 28.3. The third-order valence-corrected chi connectivity index (χ3v) is 18.4. The molecular formula is C43H52F4N6O2Si. The summed E-state index contributed by atoms with van der Waals surface area (Å²) in [5.41, 5.74) is 8.62. The summed E-state index contributed by atoms with van der Waals surface area (Å²) in [4.78, 5) is 16.2. The number of nitrogens with zero attached hydrogens (tertiary/aromatic N) is 5. The van der Waals surface area contributed by atoms with Gasteiger partial charge < -0.3 is 25.0 Å². The molecule has 2 aromatic carbocycles. The summed E-state index contributed by atoms with van der Waals surface area (Å²) in [6.07, 6.45) is 0.182. The second-order valence-electron chi connectivity index (χ2n) is 16.5. The number of rotatable bonds is 8.